The van der Waals surface area contributed by atoms with E-state index in [4.69, 9.17) is 68.6 Å². The average molecular weight is 637 g/mol. The minimum absolute atomic E-state index is 0.0628. The van der Waals surface area contributed by atoms with Gasteiger partial charge in [-0.05, 0) is 16.7 Å². The summed E-state index contributed by atoms with van der Waals surface area (Å²) in [6.07, 6.45) is -5.01. The molecule has 224 valence electrons. The number of ether oxygens (including phenoxy) is 6. The van der Waals surface area contributed by atoms with E-state index < -0.39 is 46.4 Å². The number of hydrogen-bond acceptors (Lipinski definition) is 8. The Labute approximate surface area is 260 Å². The zero-order chi connectivity index (χ0) is 30.0. The van der Waals surface area contributed by atoms with Gasteiger partial charge in [-0.1, -0.05) is 126 Å². The maximum absolute atomic E-state index is 12.3. The smallest absolute Gasteiger partial charge is 0.303 e. The van der Waals surface area contributed by atoms with E-state index in [2.05, 4.69) is 0 Å². The van der Waals surface area contributed by atoms with Crippen molar-refractivity contribution in [3.63, 3.8) is 0 Å². The predicted molar refractivity (Wildman–Crippen MR) is 159 cm³/mol. The summed E-state index contributed by atoms with van der Waals surface area (Å²) in [7, 11) is 0. The monoisotopic (exact) mass is 635 g/mol. The highest BCUT2D eigenvalue weighted by atomic mass is 35.6. The number of halogens is 3. The number of benzene rings is 3. The second-order valence-electron chi connectivity index (χ2n) is 9.58. The maximum atomic E-state index is 12.3. The lowest BCUT2D eigenvalue weighted by Crippen LogP contribution is -2.62. The summed E-state index contributed by atoms with van der Waals surface area (Å²) in [5, 5.41) is 8.17. The van der Waals surface area contributed by atoms with Crippen LogP contribution in [0.5, 0.6) is 0 Å². The van der Waals surface area contributed by atoms with Gasteiger partial charge in [0.1, 0.15) is 18.3 Å². The van der Waals surface area contributed by atoms with E-state index in [9.17, 15) is 4.79 Å². The minimum atomic E-state index is -2.18. The van der Waals surface area contributed by atoms with Gasteiger partial charge < -0.3 is 28.4 Å². The lowest BCUT2D eigenvalue weighted by atomic mass is 9.98. The highest BCUT2D eigenvalue weighted by Gasteiger charge is 2.52. The van der Waals surface area contributed by atoms with Crippen LogP contribution in [-0.2, 0) is 53.0 Å². The van der Waals surface area contributed by atoms with Gasteiger partial charge >= 0.3 is 5.97 Å². The van der Waals surface area contributed by atoms with E-state index in [0.29, 0.717) is 6.61 Å². The second-order valence-corrected chi connectivity index (χ2v) is 11.9. The van der Waals surface area contributed by atoms with Crippen LogP contribution in [0.15, 0.2) is 91.0 Å². The Morgan fingerprint density at radius 2 is 1.21 bits per heavy atom. The first-order valence-corrected chi connectivity index (χ1v) is 14.4. The lowest BCUT2D eigenvalue weighted by molar-refractivity contribution is -0.305. The van der Waals surface area contributed by atoms with Crippen LogP contribution < -0.4 is 0 Å². The Kier molecular flexibility index (Phi) is 12.0. The third-order valence-electron chi connectivity index (χ3n) is 6.35. The molecule has 4 rings (SSSR count). The number of hydrogen-bond donors (Lipinski definition) is 1. The molecule has 1 heterocycles. The molecule has 0 radical (unpaired) electrons. The summed E-state index contributed by atoms with van der Waals surface area (Å²) in [5.41, 5.74) is 2.77. The van der Waals surface area contributed by atoms with Crippen LogP contribution in [0, 0.1) is 5.41 Å². The van der Waals surface area contributed by atoms with Gasteiger partial charge in [-0.2, -0.15) is 0 Å². The summed E-state index contributed by atoms with van der Waals surface area (Å²) in [5.74, 6) is -1.32. The SMILES string of the molecule is CC(=O)OC1[C@@H](OC(=N)C(Cl)(Cl)Cl)OC(COCc2ccccc2)[C@H](OCc2ccccc2)[C@H]1OCc1ccccc1. The topological polar surface area (TPSA) is 96.3 Å². The molecule has 1 fully saturated rings. The van der Waals surface area contributed by atoms with Gasteiger partial charge in [0.15, 0.2) is 6.10 Å². The van der Waals surface area contributed by atoms with E-state index >= 15 is 0 Å². The van der Waals surface area contributed by atoms with Crippen molar-refractivity contribution < 1.29 is 33.2 Å². The first-order chi connectivity index (χ1) is 20.2. The van der Waals surface area contributed by atoms with Gasteiger partial charge in [-0.15, -0.1) is 0 Å². The molecule has 3 aromatic rings. The Morgan fingerprint density at radius 3 is 1.69 bits per heavy atom. The fourth-order valence-electron chi connectivity index (χ4n) is 4.40. The molecule has 5 atom stereocenters. The van der Waals surface area contributed by atoms with E-state index in [-0.39, 0.29) is 19.8 Å². The van der Waals surface area contributed by atoms with Crippen LogP contribution in [-0.4, -0.2) is 53.0 Å². The van der Waals surface area contributed by atoms with Crippen LogP contribution in [0.1, 0.15) is 23.6 Å². The van der Waals surface area contributed by atoms with E-state index in [1.54, 1.807) is 0 Å². The summed E-state index contributed by atoms with van der Waals surface area (Å²) in [6, 6.07) is 28.8. The van der Waals surface area contributed by atoms with Gasteiger partial charge in [0, 0.05) is 6.92 Å². The average Bonchev–Trinajstić information content (AvgIpc) is 2.97. The van der Waals surface area contributed by atoms with Crippen molar-refractivity contribution in [2.75, 3.05) is 6.61 Å². The van der Waals surface area contributed by atoms with E-state index in [1.165, 1.54) is 6.92 Å². The molecule has 0 aromatic heterocycles. The van der Waals surface area contributed by atoms with Gasteiger partial charge in [-0.25, -0.2) is 0 Å². The normalized spacial score (nSPS) is 22.3. The number of nitrogens with one attached hydrogen (secondary N) is 1. The molecule has 11 heteroatoms. The molecule has 42 heavy (non-hydrogen) atoms. The minimum Gasteiger partial charge on any atom is -0.453 e. The molecule has 2 unspecified atom stereocenters. The molecule has 8 nitrogen and oxygen atoms in total. The van der Waals surface area contributed by atoms with Crippen molar-refractivity contribution in [2.24, 2.45) is 0 Å². The zero-order valence-corrected chi connectivity index (χ0v) is 25.1. The largest absolute Gasteiger partial charge is 0.453 e. The number of esters is 1. The molecular formula is C31H32Cl3NO7. The van der Waals surface area contributed by atoms with Crippen LogP contribution >= 0.6 is 34.8 Å². The molecule has 1 aliphatic rings. The van der Waals surface area contributed by atoms with Crippen LogP contribution in [0.4, 0.5) is 0 Å². The summed E-state index contributed by atoms with van der Waals surface area (Å²) in [6.45, 7) is 2.01. The van der Waals surface area contributed by atoms with Gasteiger partial charge in [-0.3, -0.25) is 10.2 Å². The first-order valence-electron chi connectivity index (χ1n) is 13.3. The van der Waals surface area contributed by atoms with E-state index in [0.717, 1.165) is 16.7 Å². The molecule has 0 spiro atoms. The Balaban J connectivity index is 1.64. The predicted octanol–water partition coefficient (Wildman–Crippen LogP) is 6.39. The van der Waals surface area contributed by atoms with Gasteiger partial charge in [0.05, 0.1) is 26.4 Å². The van der Waals surface area contributed by atoms with Crippen LogP contribution in [0.25, 0.3) is 0 Å². The molecule has 0 bridgehead atoms. The molecular weight excluding hydrogens is 605 g/mol. The fourth-order valence-corrected chi connectivity index (χ4v) is 4.53. The summed E-state index contributed by atoms with van der Waals surface area (Å²) < 4.78 is 34.2. The maximum Gasteiger partial charge on any atom is 0.303 e. The highest BCUT2D eigenvalue weighted by molar-refractivity contribution is 6.76. The van der Waals surface area contributed by atoms with Crippen molar-refractivity contribution in [1.82, 2.24) is 0 Å². The number of rotatable bonds is 12. The van der Waals surface area contributed by atoms with Crippen molar-refractivity contribution >= 4 is 46.7 Å². The quantitative estimate of drug-likeness (QED) is 0.106. The van der Waals surface area contributed by atoms with Crippen LogP contribution in [0.2, 0.25) is 0 Å². The first kappa shape index (κ1) is 32.2. The fraction of sp³-hybridized carbons (Fsp3) is 0.355. The Bertz CT molecular complexity index is 1260. The zero-order valence-electron chi connectivity index (χ0n) is 22.9. The van der Waals surface area contributed by atoms with Gasteiger partial charge in [0.2, 0.25) is 12.2 Å². The molecule has 0 saturated carbocycles. The molecule has 3 aromatic carbocycles. The number of carbonyl (C=O) groups excluding carboxylic acids is 1. The standard InChI is InChI=1S/C31H32Cl3NO7/c1-21(36)40-28-27(39-19-24-15-9-4-10-16-24)26(38-18-23-13-7-3-8-14-23)25(20-37-17-22-11-5-2-6-12-22)41-29(28)42-30(35)31(32,33)34/h2-16,25-29,35H,17-20H2,1H3/t25?,26-,27+,28?,29+/m0/s1. The van der Waals surface area contributed by atoms with Crippen molar-refractivity contribution in [2.45, 2.75) is 61.2 Å². The Morgan fingerprint density at radius 1 is 0.738 bits per heavy atom. The molecule has 1 aliphatic heterocycles. The van der Waals surface area contributed by atoms with Gasteiger partial charge in [0.25, 0.3) is 3.79 Å². The summed E-state index contributed by atoms with van der Waals surface area (Å²) in [4.78, 5) is 12.3. The summed E-state index contributed by atoms with van der Waals surface area (Å²) >= 11 is 17.7. The van der Waals surface area contributed by atoms with Crippen LogP contribution in [0.3, 0.4) is 0 Å². The third kappa shape index (κ3) is 9.67. The van der Waals surface area contributed by atoms with E-state index in [1.807, 2.05) is 91.0 Å². The number of alkyl halides is 3. The molecule has 0 aliphatic carbocycles. The van der Waals surface area contributed by atoms with Crippen molar-refractivity contribution in [1.29, 1.82) is 5.41 Å². The highest BCUT2D eigenvalue weighted by Crippen LogP contribution is 2.34. The molecule has 0 amide bonds. The van der Waals surface area contributed by atoms with Crippen molar-refractivity contribution in [3.8, 4) is 0 Å². The lowest BCUT2D eigenvalue weighted by Gasteiger charge is -2.45. The van der Waals surface area contributed by atoms with Crippen molar-refractivity contribution in [3.05, 3.63) is 108 Å². The third-order valence-corrected chi connectivity index (χ3v) is 6.86. The second kappa shape index (κ2) is 15.7. The Hall–Kier alpha value is -2.69. The molecule has 1 saturated heterocycles. The molecule has 1 N–H and O–H groups in total. The number of carbonyl (C=O) groups is 1.